The largest absolute Gasteiger partial charge is 0.464 e. The number of rotatable bonds is 3. The molecule has 0 fully saturated rings. The van der Waals surface area contributed by atoms with Crippen molar-refractivity contribution in [1.82, 2.24) is 9.55 Å². The monoisotopic (exact) mass is 281 g/mol. The maximum absolute atomic E-state index is 11.5. The van der Waals surface area contributed by atoms with Gasteiger partial charge in [-0.2, -0.15) is 0 Å². The first kappa shape index (κ1) is 13.0. The standard InChI is InChI=1S/C11H8ClN3O4/c1-19-11(16)9-3-2-4-14(9)10-8(12)5-7(6-13-10)15(17)18/h2-6H,1H3. The second kappa shape index (κ2) is 5.07. The van der Waals surface area contributed by atoms with Crippen molar-refractivity contribution in [2.24, 2.45) is 0 Å². The van der Waals surface area contributed by atoms with E-state index in [2.05, 4.69) is 9.72 Å². The topological polar surface area (TPSA) is 87.3 Å². The number of hydrogen-bond donors (Lipinski definition) is 0. The molecular weight excluding hydrogens is 274 g/mol. The van der Waals surface area contributed by atoms with Gasteiger partial charge in [0.2, 0.25) is 0 Å². The number of hydrogen-bond acceptors (Lipinski definition) is 5. The second-order valence-electron chi connectivity index (χ2n) is 3.51. The quantitative estimate of drug-likeness (QED) is 0.489. The van der Waals surface area contributed by atoms with Crippen molar-refractivity contribution in [2.75, 3.05) is 7.11 Å². The van der Waals surface area contributed by atoms with Crippen LogP contribution in [0.5, 0.6) is 0 Å². The number of nitrogens with zero attached hydrogens (tertiary/aromatic N) is 3. The molecule has 0 aliphatic carbocycles. The molecule has 0 aliphatic heterocycles. The van der Waals surface area contributed by atoms with Gasteiger partial charge in [0.15, 0.2) is 5.82 Å². The van der Waals surface area contributed by atoms with Gasteiger partial charge in [0.1, 0.15) is 11.9 Å². The van der Waals surface area contributed by atoms with E-state index in [-0.39, 0.29) is 22.2 Å². The molecule has 2 aromatic heterocycles. The van der Waals surface area contributed by atoms with Crippen LogP contribution in [-0.2, 0) is 4.74 Å². The van der Waals surface area contributed by atoms with Crippen molar-refractivity contribution in [3.05, 3.63) is 51.4 Å². The van der Waals surface area contributed by atoms with E-state index < -0.39 is 10.9 Å². The van der Waals surface area contributed by atoms with Gasteiger partial charge in [-0.1, -0.05) is 11.6 Å². The van der Waals surface area contributed by atoms with Gasteiger partial charge in [-0.05, 0) is 12.1 Å². The molecule has 0 bridgehead atoms. The van der Waals surface area contributed by atoms with E-state index in [1.54, 1.807) is 12.3 Å². The molecule has 2 aromatic rings. The lowest BCUT2D eigenvalue weighted by Gasteiger charge is -2.08. The predicted molar refractivity (Wildman–Crippen MR) is 66.6 cm³/mol. The third-order valence-electron chi connectivity index (χ3n) is 2.39. The molecule has 98 valence electrons. The molecule has 2 rings (SSSR count). The SMILES string of the molecule is COC(=O)c1cccn1-c1ncc([N+](=O)[O-])cc1Cl. The number of nitro groups is 1. The van der Waals surface area contributed by atoms with Gasteiger partial charge < -0.3 is 4.74 Å². The van der Waals surface area contributed by atoms with Crippen LogP contribution in [0.4, 0.5) is 5.69 Å². The number of carbonyl (C=O) groups is 1. The maximum atomic E-state index is 11.5. The summed E-state index contributed by atoms with van der Waals surface area (Å²) in [6.07, 6.45) is 2.63. The minimum atomic E-state index is -0.598. The second-order valence-corrected chi connectivity index (χ2v) is 3.92. The predicted octanol–water partition coefficient (Wildman–Crippen LogP) is 2.22. The molecule has 19 heavy (non-hydrogen) atoms. The van der Waals surface area contributed by atoms with E-state index in [0.717, 1.165) is 6.20 Å². The summed E-state index contributed by atoms with van der Waals surface area (Å²) in [5, 5.41) is 10.7. The molecule has 0 N–H and O–H groups in total. The molecule has 0 unspecified atom stereocenters. The Labute approximate surface area is 112 Å². The van der Waals surface area contributed by atoms with E-state index in [9.17, 15) is 14.9 Å². The summed E-state index contributed by atoms with van der Waals surface area (Å²) in [5.41, 5.74) is 0.00581. The fourth-order valence-corrected chi connectivity index (χ4v) is 1.79. The third-order valence-corrected chi connectivity index (χ3v) is 2.67. The van der Waals surface area contributed by atoms with Gasteiger partial charge in [-0.3, -0.25) is 14.7 Å². The van der Waals surface area contributed by atoms with Crippen LogP contribution in [0.25, 0.3) is 5.82 Å². The Bertz CT molecular complexity index is 653. The normalized spacial score (nSPS) is 10.2. The van der Waals surface area contributed by atoms with Crippen LogP contribution in [0.15, 0.2) is 30.6 Å². The number of halogens is 1. The molecule has 0 radical (unpaired) electrons. The first-order valence-electron chi connectivity index (χ1n) is 5.10. The summed E-state index contributed by atoms with van der Waals surface area (Å²) in [7, 11) is 1.25. The van der Waals surface area contributed by atoms with Crippen LogP contribution in [0.3, 0.4) is 0 Å². The average Bonchev–Trinajstić information content (AvgIpc) is 2.86. The van der Waals surface area contributed by atoms with E-state index in [4.69, 9.17) is 11.6 Å². The Balaban J connectivity index is 2.51. The molecule has 0 saturated heterocycles. The summed E-state index contributed by atoms with van der Waals surface area (Å²) in [6, 6.07) is 4.32. The van der Waals surface area contributed by atoms with Gasteiger partial charge >= 0.3 is 5.97 Å². The molecule has 0 spiro atoms. The summed E-state index contributed by atoms with van der Waals surface area (Å²) >= 11 is 5.94. The fourth-order valence-electron chi connectivity index (χ4n) is 1.53. The van der Waals surface area contributed by atoms with Gasteiger partial charge in [-0.25, -0.2) is 9.78 Å². The highest BCUT2D eigenvalue weighted by Crippen LogP contribution is 2.24. The minimum absolute atomic E-state index is 0.0653. The number of aromatic nitrogens is 2. The number of ether oxygens (including phenoxy) is 1. The zero-order valence-corrected chi connectivity index (χ0v) is 10.5. The van der Waals surface area contributed by atoms with Gasteiger partial charge in [0, 0.05) is 12.3 Å². The molecule has 8 heteroatoms. The molecular formula is C11H8ClN3O4. The minimum Gasteiger partial charge on any atom is -0.464 e. The lowest BCUT2D eigenvalue weighted by Crippen LogP contribution is -2.10. The molecule has 0 amide bonds. The van der Waals surface area contributed by atoms with Crippen LogP contribution in [0, 0.1) is 10.1 Å². The molecule has 7 nitrogen and oxygen atoms in total. The van der Waals surface area contributed by atoms with Crippen LogP contribution in [0.1, 0.15) is 10.5 Å². The van der Waals surface area contributed by atoms with E-state index in [1.165, 1.54) is 23.8 Å². The number of carbonyl (C=O) groups excluding carboxylic acids is 1. The third kappa shape index (κ3) is 2.41. The van der Waals surface area contributed by atoms with E-state index in [0.29, 0.717) is 0 Å². The zero-order valence-electron chi connectivity index (χ0n) is 9.74. The fraction of sp³-hybridized carbons (Fsp3) is 0.0909. The highest BCUT2D eigenvalue weighted by Gasteiger charge is 2.17. The Morgan fingerprint density at radius 1 is 1.58 bits per heavy atom. The highest BCUT2D eigenvalue weighted by molar-refractivity contribution is 6.32. The first-order valence-corrected chi connectivity index (χ1v) is 5.48. The van der Waals surface area contributed by atoms with Crippen molar-refractivity contribution in [3.63, 3.8) is 0 Å². The lowest BCUT2D eigenvalue weighted by atomic mass is 10.4. The van der Waals surface area contributed by atoms with Gasteiger partial charge in [0.05, 0.1) is 17.1 Å². The lowest BCUT2D eigenvalue weighted by molar-refractivity contribution is -0.385. The highest BCUT2D eigenvalue weighted by atomic mass is 35.5. The van der Waals surface area contributed by atoms with Gasteiger partial charge in [-0.15, -0.1) is 0 Å². The van der Waals surface area contributed by atoms with E-state index >= 15 is 0 Å². The van der Waals surface area contributed by atoms with Crippen molar-refractivity contribution in [2.45, 2.75) is 0 Å². The summed E-state index contributed by atoms with van der Waals surface area (Å²) in [5.74, 6) is -0.334. The summed E-state index contributed by atoms with van der Waals surface area (Å²) in [4.78, 5) is 25.4. The zero-order chi connectivity index (χ0) is 14.0. The average molecular weight is 282 g/mol. The van der Waals surface area contributed by atoms with Crippen LogP contribution < -0.4 is 0 Å². The smallest absolute Gasteiger partial charge is 0.355 e. The maximum Gasteiger partial charge on any atom is 0.355 e. The summed E-state index contributed by atoms with van der Waals surface area (Å²) in [6.45, 7) is 0. The van der Waals surface area contributed by atoms with Crippen molar-refractivity contribution >= 4 is 23.3 Å². The molecule has 0 saturated carbocycles. The van der Waals surface area contributed by atoms with E-state index in [1.807, 2.05) is 0 Å². The van der Waals surface area contributed by atoms with Gasteiger partial charge in [0.25, 0.3) is 5.69 Å². The van der Waals surface area contributed by atoms with Crippen molar-refractivity contribution in [3.8, 4) is 5.82 Å². The summed E-state index contributed by atoms with van der Waals surface area (Å²) < 4.78 is 6.02. The number of methoxy groups -OCH3 is 1. The van der Waals surface area contributed by atoms with Crippen molar-refractivity contribution in [1.29, 1.82) is 0 Å². The molecule has 0 atom stereocenters. The molecule has 2 heterocycles. The van der Waals surface area contributed by atoms with Crippen LogP contribution in [-0.4, -0.2) is 27.6 Å². The Morgan fingerprint density at radius 2 is 2.32 bits per heavy atom. The first-order chi connectivity index (χ1) is 9.04. The molecule has 0 aliphatic rings. The Morgan fingerprint density at radius 3 is 2.89 bits per heavy atom. The Kier molecular flexibility index (Phi) is 3.48. The number of esters is 1. The Hall–Kier alpha value is -2.41. The van der Waals surface area contributed by atoms with Crippen LogP contribution in [0.2, 0.25) is 5.02 Å². The number of pyridine rings is 1. The molecule has 0 aromatic carbocycles. The van der Waals surface area contributed by atoms with Crippen LogP contribution >= 0.6 is 11.6 Å². The van der Waals surface area contributed by atoms with Crippen molar-refractivity contribution < 1.29 is 14.5 Å².